The van der Waals surface area contributed by atoms with Gasteiger partial charge in [0.1, 0.15) is 6.10 Å². The second-order valence-electron chi connectivity index (χ2n) is 3.99. The Morgan fingerprint density at radius 3 is 2.21 bits per heavy atom. The van der Waals surface area contributed by atoms with Crippen molar-refractivity contribution in [2.75, 3.05) is 42.7 Å². The maximum absolute atomic E-state index is 12.2. The van der Waals surface area contributed by atoms with E-state index >= 15 is 0 Å². The minimum atomic E-state index is -2.81. The monoisotopic (exact) mass is 276 g/mol. The van der Waals surface area contributed by atoms with Crippen LogP contribution in [-0.2, 0) is 0 Å². The van der Waals surface area contributed by atoms with Crippen LogP contribution in [0.3, 0.4) is 0 Å². The van der Waals surface area contributed by atoms with E-state index in [0.717, 1.165) is 0 Å². The molecule has 1 atom stereocenters. The highest BCUT2D eigenvalue weighted by Crippen LogP contribution is 2.11. The first-order valence-electron chi connectivity index (χ1n) is 5.81. The normalized spacial score (nSPS) is 12.4. The third-order valence-electron chi connectivity index (χ3n) is 2.12. The van der Waals surface area contributed by atoms with E-state index in [-0.39, 0.29) is 12.5 Å². The Hall–Kier alpha value is -1.77. The van der Waals surface area contributed by atoms with E-state index in [1.165, 1.54) is 0 Å². The molecular formula is C10H18F2N6O. The molecule has 1 aromatic heterocycles. The standard InChI is InChI=1S/C10H18F2N6O/c1-4-13-8-15-9(14-5-6(19)7(11)12)17-10(16-8)18(2)3/h6-7,19H,4-5H2,1-3H3,(H2,13,14,15,16,17). The quantitative estimate of drug-likeness (QED) is 0.665. The Morgan fingerprint density at radius 2 is 1.74 bits per heavy atom. The summed E-state index contributed by atoms with van der Waals surface area (Å²) in [5.41, 5.74) is 0. The Bertz CT molecular complexity index is 404. The van der Waals surface area contributed by atoms with Gasteiger partial charge in [-0.3, -0.25) is 0 Å². The summed E-state index contributed by atoms with van der Waals surface area (Å²) >= 11 is 0. The van der Waals surface area contributed by atoms with Crippen molar-refractivity contribution >= 4 is 17.8 Å². The lowest BCUT2D eigenvalue weighted by molar-refractivity contribution is 0.00376. The highest BCUT2D eigenvalue weighted by Gasteiger charge is 2.17. The minimum absolute atomic E-state index is 0.134. The molecule has 0 aliphatic heterocycles. The third kappa shape index (κ3) is 4.78. The second-order valence-corrected chi connectivity index (χ2v) is 3.99. The summed E-state index contributed by atoms with van der Waals surface area (Å²) in [7, 11) is 3.51. The molecule has 0 spiro atoms. The molecular weight excluding hydrogens is 258 g/mol. The SMILES string of the molecule is CCNc1nc(NCC(O)C(F)F)nc(N(C)C)n1. The van der Waals surface area contributed by atoms with E-state index < -0.39 is 12.5 Å². The number of anilines is 3. The van der Waals surface area contributed by atoms with Crippen LogP contribution in [0.5, 0.6) is 0 Å². The van der Waals surface area contributed by atoms with Crippen molar-refractivity contribution < 1.29 is 13.9 Å². The predicted octanol–water partition coefficient (Wildman–Crippen LogP) is 0.407. The number of alkyl halides is 2. The Morgan fingerprint density at radius 1 is 1.16 bits per heavy atom. The van der Waals surface area contributed by atoms with Crippen LogP contribution in [0.2, 0.25) is 0 Å². The molecule has 0 aromatic carbocycles. The second kappa shape index (κ2) is 6.98. The Kier molecular flexibility index (Phi) is 5.61. The van der Waals surface area contributed by atoms with Crippen molar-refractivity contribution in [2.45, 2.75) is 19.5 Å². The first kappa shape index (κ1) is 15.3. The fourth-order valence-corrected chi connectivity index (χ4v) is 1.17. The molecule has 19 heavy (non-hydrogen) atoms. The molecule has 1 unspecified atom stereocenters. The number of aliphatic hydroxyl groups is 1. The smallest absolute Gasteiger partial charge is 0.265 e. The number of aromatic nitrogens is 3. The zero-order valence-corrected chi connectivity index (χ0v) is 11.1. The van der Waals surface area contributed by atoms with Crippen molar-refractivity contribution in [3.63, 3.8) is 0 Å². The van der Waals surface area contributed by atoms with E-state index in [0.29, 0.717) is 18.4 Å². The highest BCUT2D eigenvalue weighted by molar-refractivity contribution is 5.42. The summed E-state index contributed by atoms with van der Waals surface area (Å²) in [6, 6.07) is 0. The van der Waals surface area contributed by atoms with Crippen molar-refractivity contribution in [3.8, 4) is 0 Å². The number of nitrogens with one attached hydrogen (secondary N) is 2. The van der Waals surface area contributed by atoms with Crippen molar-refractivity contribution in [1.29, 1.82) is 0 Å². The minimum Gasteiger partial charge on any atom is -0.385 e. The maximum Gasteiger partial charge on any atom is 0.265 e. The summed E-state index contributed by atoms with van der Waals surface area (Å²) in [4.78, 5) is 13.8. The fraction of sp³-hybridized carbons (Fsp3) is 0.700. The zero-order valence-electron chi connectivity index (χ0n) is 11.1. The molecule has 1 aromatic rings. The van der Waals surface area contributed by atoms with Gasteiger partial charge in [0.2, 0.25) is 17.8 Å². The number of hydrogen-bond donors (Lipinski definition) is 3. The van der Waals surface area contributed by atoms with Crippen molar-refractivity contribution in [1.82, 2.24) is 15.0 Å². The largest absolute Gasteiger partial charge is 0.385 e. The summed E-state index contributed by atoms with van der Waals surface area (Å²) in [6.07, 6.45) is -4.57. The van der Waals surface area contributed by atoms with Gasteiger partial charge in [0.25, 0.3) is 6.43 Å². The molecule has 0 radical (unpaired) electrons. The van der Waals surface area contributed by atoms with E-state index in [1.807, 2.05) is 6.92 Å². The molecule has 0 fully saturated rings. The van der Waals surface area contributed by atoms with Crippen LogP contribution in [0, 0.1) is 0 Å². The van der Waals surface area contributed by atoms with Gasteiger partial charge >= 0.3 is 0 Å². The van der Waals surface area contributed by atoms with E-state index in [2.05, 4.69) is 25.6 Å². The molecule has 0 aliphatic rings. The van der Waals surface area contributed by atoms with Gasteiger partial charge in [0, 0.05) is 27.2 Å². The number of aliphatic hydroxyl groups excluding tert-OH is 1. The molecule has 1 heterocycles. The van der Waals surface area contributed by atoms with Gasteiger partial charge < -0.3 is 20.6 Å². The lowest BCUT2D eigenvalue weighted by Gasteiger charge is -2.15. The van der Waals surface area contributed by atoms with Crippen molar-refractivity contribution in [2.24, 2.45) is 0 Å². The molecule has 0 bridgehead atoms. The van der Waals surface area contributed by atoms with Crippen molar-refractivity contribution in [3.05, 3.63) is 0 Å². The first-order valence-corrected chi connectivity index (χ1v) is 5.81. The number of hydrogen-bond acceptors (Lipinski definition) is 7. The highest BCUT2D eigenvalue weighted by atomic mass is 19.3. The van der Waals surface area contributed by atoms with Crippen LogP contribution in [-0.4, -0.2) is 59.8 Å². The van der Waals surface area contributed by atoms with E-state index in [9.17, 15) is 8.78 Å². The summed E-state index contributed by atoms with van der Waals surface area (Å²) < 4.78 is 24.3. The van der Waals surface area contributed by atoms with Gasteiger partial charge in [-0.15, -0.1) is 0 Å². The van der Waals surface area contributed by atoms with Crippen LogP contribution in [0.4, 0.5) is 26.6 Å². The van der Waals surface area contributed by atoms with E-state index in [1.54, 1.807) is 19.0 Å². The molecule has 108 valence electrons. The average molecular weight is 276 g/mol. The molecule has 0 aliphatic carbocycles. The van der Waals surface area contributed by atoms with Gasteiger partial charge in [-0.1, -0.05) is 0 Å². The molecule has 0 saturated heterocycles. The number of halogens is 2. The first-order chi connectivity index (χ1) is 8.93. The lowest BCUT2D eigenvalue weighted by atomic mass is 10.4. The average Bonchev–Trinajstić information content (AvgIpc) is 2.35. The zero-order chi connectivity index (χ0) is 14.4. The van der Waals surface area contributed by atoms with Crippen LogP contribution in [0.25, 0.3) is 0 Å². The summed E-state index contributed by atoms with van der Waals surface area (Å²) in [6.45, 7) is 2.17. The molecule has 9 heteroatoms. The molecule has 0 amide bonds. The van der Waals surface area contributed by atoms with E-state index in [4.69, 9.17) is 5.11 Å². The summed E-state index contributed by atoms with van der Waals surface area (Å²) in [5.74, 6) is 0.865. The van der Waals surface area contributed by atoms with Gasteiger partial charge in [-0.2, -0.15) is 15.0 Å². The van der Waals surface area contributed by atoms with Crippen LogP contribution >= 0.6 is 0 Å². The Balaban J connectivity index is 2.81. The number of rotatable bonds is 7. The predicted molar refractivity (Wildman–Crippen MR) is 68.8 cm³/mol. The van der Waals surface area contributed by atoms with Gasteiger partial charge in [-0.25, -0.2) is 8.78 Å². The van der Waals surface area contributed by atoms with Crippen LogP contribution in [0.15, 0.2) is 0 Å². The topological polar surface area (TPSA) is 86.2 Å². The molecule has 0 saturated carbocycles. The Labute approximate surface area is 110 Å². The maximum atomic E-state index is 12.2. The lowest BCUT2D eigenvalue weighted by Crippen LogP contribution is -2.28. The summed E-state index contributed by atoms with van der Waals surface area (Å²) in [5, 5.41) is 14.5. The van der Waals surface area contributed by atoms with Gasteiger partial charge in [0.15, 0.2) is 0 Å². The third-order valence-corrected chi connectivity index (χ3v) is 2.12. The van der Waals surface area contributed by atoms with Gasteiger partial charge in [0.05, 0.1) is 0 Å². The number of nitrogens with zero attached hydrogens (tertiary/aromatic N) is 4. The van der Waals surface area contributed by atoms with Crippen LogP contribution in [0.1, 0.15) is 6.92 Å². The fourth-order valence-electron chi connectivity index (χ4n) is 1.17. The molecule has 1 rings (SSSR count). The molecule has 7 nitrogen and oxygen atoms in total. The van der Waals surface area contributed by atoms with Gasteiger partial charge in [-0.05, 0) is 6.92 Å². The van der Waals surface area contributed by atoms with Crippen LogP contribution < -0.4 is 15.5 Å². The molecule has 3 N–H and O–H groups in total.